The lowest BCUT2D eigenvalue weighted by Crippen LogP contribution is -2.39. The van der Waals surface area contributed by atoms with Crippen LogP contribution in [0.3, 0.4) is 0 Å². The Labute approximate surface area is 243 Å². The van der Waals surface area contributed by atoms with Crippen molar-refractivity contribution in [2.45, 2.75) is 44.7 Å². The number of likely N-dealkylation sites (tertiary alicyclic amines) is 1. The highest BCUT2D eigenvalue weighted by Crippen LogP contribution is 2.50. The minimum atomic E-state index is -0.266. The molecule has 2 aliphatic carbocycles. The maximum absolute atomic E-state index is 12.8. The first-order chi connectivity index (χ1) is 19.9. The molecule has 6 rings (SSSR count). The second kappa shape index (κ2) is 11.7. The van der Waals surface area contributed by atoms with Crippen LogP contribution in [-0.4, -0.2) is 49.6 Å². The van der Waals surface area contributed by atoms with Gasteiger partial charge in [0, 0.05) is 37.9 Å². The summed E-state index contributed by atoms with van der Waals surface area (Å²) >= 11 is 6.35. The predicted octanol–water partition coefficient (Wildman–Crippen LogP) is 5.33. The maximum Gasteiger partial charge on any atom is 0.247 e. The van der Waals surface area contributed by atoms with E-state index in [9.17, 15) is 9.59 Å². The van der Waals surface area contributed by atoms with Crippen molar-refractivity contribution in [2.75, 3.05) is 29.0 Å². The van der Waals surface area contributed by atoms with Gasteiger partial charge in [-0.05, 0) is 61.3 Å². The van der Waals surface area contributed by atoms with E-state index in [1.165, 1.54) is 18.9 Å². The number of benzene rings is 1. The zero-order valence-electron chi connectivity index (χ0n) is 22.7. The molecular formula is C30H33ClN8O2. The number of carbonyl (C=O) groups excluding carboxylic acids is 2. The van der Waals surface area contributed by atoms with E-state index in [0.717, 1.165) is 43.1 Å². The van der Waals surface area contributed by atoms with Crippen molar-refractivity contribution in [3.05, 3.63) is 77.7 Å². The first kappa shape index (κ1) is 27.0. The van der Waals surface area contributed by atoms with Gasteiger partial charge in [0.2, 0.25) is 17.8 Å². The number of nitrogens with zero attached hydrogens (tertiary/aromatic N) is 5. The number of allylic oxidation sites excluding steroid dienone is 2. The number of hydrogen-bond acceptors (Lipinski definition) is 7. The lowest BCUT2D eigenvalue weighted by Gasteiger charge is -2.32. The lowest BCUT2D eigenvalue weighted by atomic mass is 9.99. The highest BCUT2D eigenvalue weighted by atomic mass is 35.5. The van der Waals surface area contributed by atoms with Crippen molar-refractivity contribution in [1.29, 1.82) is 0 Å². The molecule has 1 aromatic carbocycles. The van der Waals surface area contributed by atoms with Gasteiger partial charge in [-0.2, -0.15) is 10.1 Å². The Morgan fingerprint density at radius 3 is 2.80 bits per heavy atom. The number of rotatable bonds is 10. The van der Waals surface area contributed by atoms with Gasteiger partial charge in [0.05, 0.1) is 24.1 Å². The maximum atomic E-state index is 12.8. The van der Waals surface area contributed by atoms with Crippen molar-refractivity contribution in [2.24, 2.45) is 11.8 Å². The first-order valence-electron chi connectivity index (χ1n) is 14.0. The van der Waals surface area contributed by atoms with Gasteiger partial charge in [0.15, 0.2) is 5.82 Å². The zero-order valence-corrected chi connectivity index (χ0v) is 23.5. The second-order valence-electron chi connectivity index (χ2n) is 10.9. The Kier molecular flexibility index (Phi) is 7.74. The van der Waals surface area contributed by atoms with Crippen LogP contribution in [0.15, 0.2) is 67.2 Å². The van der Waals surface area contributed by atoms with E-state index in [4.69, 9.17) is 11.6 Å². The first-order valence-corrected chi connectivity index (χ1v) is 14.4. The molecule has 41 heavy (non-hydrogen) atoms. The van der Waals surface area contributed by atoms with E-state index in [1.54, 1.807) is 18.0 Å². The van der Waals surface area contributed by atoms with Crippen molar-refractivity contribution in [3.63, 3.8) is 0 Å². The number of nitrogens with one attached hydrogen (secondary N) is 3. The van der Waals surface area contributed by atoms with Gasteiger partial charge in [-0.3, -0.25) is 14.3 Å². The third-order valence-electron chi connectivity index (χ3n) is 7.95. The Balaban J connectivity index is 1.01. The van der Waals surface area contributed by atoms with Gasteiger partial charge in [-0.1, -0.05) is 42.0 Å². The second-order valence-corrected chi connectivity index (χ2v) is 11.3. The Hall–Kier alpha value is -4.18. The van der Waals surface area contributed by atoms with Crippen LogP contribution in [0.25, 0.3) is 0 Å². The van der Waals surface area contributed by atoms with Crippen molar-refractivity contribution < 1.29 is 9.59 Å². The third-order valence-corrected chi connectivity index (χ3v) is 8.23. The average Bonchev–Trinajstić information content (AvgIpc) is 3.34. The van der Waals surface area contributed by atoms with Crippen LogP contribution in [0.1, 0.15) is 43.7 Å². The van der Waals surface area contributed by atoms with E-state index >= 15 is 0 Å². The van der Waals surface area contributed by atoms with Crippen LogP contribution in [-0.2, 0) is 16.1 Å². The third kappa shape index (κ3) is 6.59. The van der Waals surface area contributed by atoms with Gasteiger partial charge < -0.3 is 20.9 Å². The number of halogens is 1. The van der Waals surface area contributed by atoms with E-state index < -0.39 is 0 Å². The van der Waals surface area contributed by atoms with E-state index in [0.29, 0.717) is 41.4 Å². The molecule has 3 heterocycles. The summed E-state index contributed by atoms with van der Waals surface area (Å²) in [5.74, 6) is 2.12. The topological polar surface area (TPSA) is 117 Å². The number of anilines is 4. The predicted molar refractivity (Wildman–Crippen MR) is 159 cm³/mol. The quantitative estimate of drug-likeness (QED) is 0.222. The van der Waals surface area contributed by atoms with E-state index in [-0.39, 0.29) is 17.9 Å². The number of hydrogen-bond donors (Lipinski definition) is 3. The van der Waals surface area contributed by atoms with Gasteiger partial charge in [-0.15, -0.1) is 0 Å². The van der Waals surface area contributed by atoms with Crippen molar-refractivity contribution in [1.82, 2.24) is 24.6 Å². The van der Waals surface area contributed by atoms with Crippen LogP contribution in [0.4, 0.5) is 23.1 Å². The van der Waals surface area contributed by atoms with Gasteiger partial charge in [0.1, 0.15) is 5.02 Å². The Bertz CT molecular complexity index is 1490. The molecule has 1 saturated carbocycles. The van der Waals surface area contributed by atoms with Gasteiger partial charge in [0.25, 0.3) is 0 Å². The fourth-order valence-electron chi connectivity index (χ4n) is 5.70. The summed E-state index contributed by atoms with van der Waals surface area (Å²) in [6.45, 7) is 5.45. The molecule has 1 aliphatic heterocycles. The molecule has 0 spiro atoms. The van der Waals surface area contributed by atoms with Crippen molar-refractivity contribution >= 4 is 46.6 Å². The summed E-state index contributed by atoms with van der Waals surface area (Å²) < 4.78 is 1.96. The van der Waals surface area contributed by atoms with Crippen LogP contribution in [0.5, 0.6) is 0 Å². The summed E-state index contributed by atoms with van der Waals surface area (Å²) in [4.78, 5) is 35.2. The molecule has 1 saturated heterocycles. The fraction of sp³-hybridized carbons (Fsp3) is 0.367. The summed E-state index contributed by atoms with van der Waals surface area (Å²) in [7, 11) is 0. The molecule has 3 N–H and O–H groups in total. The zero-order chi connectivity index (χ0) is 28.3. The summed E-state index contributed by atoms with van der Waals surface area (Å²) in [6.07, 6.45) is 13.7. The fourth-order valence-corrected chi connectivity index (χ4v) is 5.85. The summed E-state index contributed by atoms with van der Waals surface area (Å²) in [6, 6.07) is 7.72. The van der Waals surface area contributed by atoms with Crippen LogP contribution in [0.2, 0.25) is 5.02 Å². The normalized spacial score (nSPS) is 19.7. The number of amides is 2. The SMILES string of the molecule is C=CC(=O)Nc1cccc(CNc2nc(Nc3cnn(C4CCN(C(=O)CC5C=C6C[C@@H]6C5)CC4)c3)ncc2Cl)c1. The van der Waals surface area contributed by atoms with Gasteiger partial charge >= 0.3 is 0 Å². The van der Waals surface area contributed by atoms with E-state index in [1.807, 2.05) is 40.0 Å². The molecule has 212 valence electrons. The largest absolute Gasteiger partial charge is 0.365 e. The van der Waals surface area contributed by atoms with E-state index in [2.05, 4.69) is 43.7 Å². The summed E-state index contributed by atoms with van der Waals surface area (Å²) in [5.41, 5.74) is 3.96. The molecule has 2 fully saturated rings. The lowest BCUT2D eigenvalue weighted by molar-refractivity contribution is -0.133. The number of aromatic nitrogens is 4. The summed E-state index contributed by atoms with van der Waals surface area (Å²) in [5, 5.41) is 14.2. The standard InChI is InChI=1S/C30H33ClN8O2/c1-2-27(40)35-23-5-3-4-19(12-23)15-32-29-26(31)17-33-30(37-29)36-24-16-34-39(18-24)25-6-8-38(9-7-25)28(41)13-20-10-21-14-22(21)11-20/h2-5,10,12,16-18,20,22,25H,1,6-9,11,13-15H2,(H,35,40)(H2,32,33,36,37)/t20?,22-/m0/s1. The molecule has 0 bridgehead atoms. The Morgan fingerprint density at radius 2 is 2.02 bits per heavy atom. The minimum Gasteiger partial charge on any atom is -0.365 e. The van der Waals surface area contributed by atoms with Crippen molar-refractivity contribution in [3.8, 4) is 0 Å². The number of piperidine rings is 1. The van der Waals surface area contributed by atoms with Crippen LogP contribution < -0.4 is 16.0 Å². The smallest absolute Gasteiger partial charge is 0.247 e. The molecule has 10 nitrogen and oxygen atoms in total. The van der Waals surface area contributed by atoms with Crippen LogP contribution >= 0.6 is 11.6 Å². The molecule has 2 amide bonds. The molecule has 3 aromatic rings. The highest BCUT2D eigenvalue weighted by molar-refractivity contribution is 6.32. The molecule has 1 unspecified atom stereocenters. The average molecular weight is 573 g/mol. The highest BCUT2D eigenvalue weighted by Gasteiger charge is 2.38. The Morgan fingerprint density at radius 1 is 1.17 bits per heavy atom. The van der Waals surface area contributed by atoms with Crippen LogP contribution in [0, 0.1) is 11.8 Å². The molecule has 0 radical (unpaired) electrons. The molecule has 2 aromatic heterocycles. The van der Waals surface area contributed by atoms with Gasteiger partial charge in [-0.25, -0.2) is 4.98 Å². The number of carbonyl (C=O) groups is 2. The molecule has 11 heteroatoms. The molecule has 2 atom stereocenters. The molecule has 3 aliphatic rings. The molecular weight excluding hydrogens is 540 g/mol. The minimum absolute atomic E-state index is 0.242. The monoisotopic (exact) mass is 572 g/mol. The number of fused-ring (bicyclic) bond motifs is 1.